The number of hydrazine groups is 1. The summed E-state index contributed by atoms with van der Waals surface area (Å²) in [6.45, 7) is 2.48. The van der Waals surface area contributed by atoms with Crippen LogP contribution in [0.15, 0.2) is 0 Å². The summed E-state index contributed by atoms with van der Waals surface area (Å²) in [5.74, 6) is -1.91. The standard InChI is InChI=1S/C9H17N5O5/c1-4(13-9(18)19)7(16)12-5(2)8(17)14-11-3-6(10)15/h4-5,11,13H,3H2,1-2H3,(H2,10,15)(H,12,16)(H,14,17)(H,18,19)/t4-,5-/m0/s1. The van der Waals surface area contributed by atoms with Gasteiger partial charge in [-0.3, -0.25) is 19.8 Å². The molecule has 7 N–H and O–H groups in total. The average Bonchev–Trinajstić information content (AvgIpc) is 2.27. The Hall–Kier alpha value is -2.36. The number of carbonyl (C=O) groups is 4. The quantitative estimate of drug-likeness (QED) is 0.276. The van der Waals surface area contributed by atoms with E-state index in [0.29, 0.717) is 0 Å². The molecule has 0 saturated heterocycles. The van der Waals surface area contributed by atoms with Crippen molar-refractivity contribution < 1.29 is 24.3 Å². The number of hydrogen-bond donors (Lipinski definition) is 6. The van der Waals surface area contributed by atoms with Gasteiger partial charge in [0.1, 0.15) is 12.1 Å². The minimum Gasteiger partial charge on any atom is -0.465 e. The molecule has 0 saturated carbocycles. The smallest absolute Gasteiger partial charge is 0.405 e. The Kier molecular flexibility index (Phi) is 6.89. The molecule has 0 aliphatic rings. The highest BCUT2D eigenvalue weighted by Gasteiger charge is 2.20. The van der Waals surface area contributed by atoms with E-state index in [1.807, 2.05) is 5.32 Å². The number of carboxylic acid groups (broad SMARTS) is 1. The molecule has 0 spiro atoms. The van der Waals surface area contributed by atoms with Crippen molar-refractivity contribution in [1.29, 1.82) is 0 Å². The average molecular weight is 275 g/mol. The monoisotopic (exact) mass is 275 g/mol. The van der Waals surface area contributed by atoms with Crippen LogP contribution in [0.4, 0.5) is 4.79 Å². The molecule has 10 nitrogen and oxygen atoms in total. The lowest BCUT2D eigenvalue weighted by Crippen LogP contribution is -2.54. The summed E-state index contributed by atoms with van der Waals surface area (Å²) in [5.41, 5.74) is 9.26. The first kappa shape index (κ1) is 16.6. The van der Waals surface area contributed by atoms with Crippen LogP contribution in [0.5, 0.6) is 0 Å². The van der Waals surface area contributed by atoms with Crippen molar-refractivity contribution >= 4 is 23.8 Å². The van der Waals surface area contributed by atoms with Crippen molar-refractivity contribution in [3.8, 4) is 0 Å². The molecular formula is C9H17N5O5. The number of primary amides is 1. The summed E-state index contributed by atoms with van der Waals surface area (Å²) in [6, 6.07) is -1.91. The predicted octanol–water partition coefficient (Wildman–Crippen LogP) is -2.75. The van der Waals surface area contributed by atoms with Gasteiger partial charge in [-0.2, -0.15) is 0 Å². The van der Waals surface area contributed by atoms with E-state index < -0.39 is 35.9 Å². The van der Waals surface area contributed by atoms with Gasteiger partial charge in [-0.15, -0.1) is 0 Å². The van der Waals surface area contributed by atoms with Gasteiger partial charge >= 0.3 is 6.09 Å². The van der Waals surface area contributed by atoms with Crippen LogP contribution in [0.3, 0.4) is 0 Å². The Morgan fingerprint density at radius 2 is 1.58 bits per heavy atom. The lowest BCUT2D eigenvalue weighted by molar-refractivity contribution is -0.130. The number of rotatable bonds is 7. The second-order valence-corrected chi connectivity index (χ2v) is 3.71. The Balaban J connectivity index is 4.10. The van der Waals surface area contributed by atoms with E-state index in [1.54, 1.807) is 0 Å². The van der Waals surface area contributed by atoms with Gasteiger partial charge < -0.3 is 21.5 Å². The van der Waals surface area contributed by atoms with Crippen LogP contribution in [-0.2, 0) is 14.4 Å². The lowest BCUT2D eigenvalue weighted by Gasteiger charge is -2.17. The molecular weight excluding hydrogens is 258 g/mol. The first-order valence-electron chi connectivity index (χ1n) is 5.35. The van der Waals surface area contributed by atoms with E-state index in [4.69, 9.17) is 10.8 Å². The number of amides is 4. The summed E-state index contributed by atoms with van der Waals surface area (Å²) in [6.07, 6.45) is -1.34. The summed E-state index contributed by atoms with van der Waals surface area (Å²) in [5, 5.41) is 12.7. The molecule has 0 unspecified atom stereocenters. The van der Waals surface area contributed by atoms with Crippen LogP contribution < -0.4 is 27.2 Å². The molecule has 0 aromatic rings. The van der Waals surface area contributed by atoms with Crippen molar-refractivity contribution in [2.24, 2.45) is 5.73 Å². The number of hydrogen-bond acceptors (Lipinski definition) is 5. The topological polar surface area (TPSA) is 163 Å². The Morgan fingerprint density at radius 3 is 2.05 bits per heavy atom. The zero-order chi connectivity index (χ0) is 15.0. The molecule has 0 aromatic heterocycles. The van der Waals surface area contributed by atoms with E-state index in [1.165, 1.54) is 13.8 Å². The van der Waals surface area contributed by atoms with E-state index in [0.717, 1.165) is 0 Å². The molecule has 0 aliphatic carbocycles. The van der Waals surface area contributed by atoms with Crippen molar-refractivity contribution in [2.75, 3.05) is 6.54 Å². The van der Waals surface area contributed by atoms with Crippen molar-refractivity contribution in [2.45, 2.75) is 25.9 Å². The zero-order valence-corrected chi connectivity index (χ0v) is 10.5. The van der Waals surface area contributed by atoms with Gasteiger partial charge in [-0.05, 0) is 13.8 Å². The first-order valence-corrected chi connectivity index (χ1v) is 5.35. The van der Waals surface area contributed by atoms with Gasteiger partial charge in [0.2, 0.25) is 11.8 Å². The maximum Gasteiger partial charge on any atom is 0.405 e. The molecule has 2 atom stereocenters. The van der Waals surface area contributed by atoms with E-state index >= 15 is 0 Å². The third kappa shape index (κ3) is 7.54. The van der Waals surface area contributed by atoms with Crippen LogP contribution in [0.1, 0.15) is 13.8 Å². The molecule has 0 aliphatic heterocycles. The first-order chi connectivity index (χ1) is 8.73. The van der Waals surface area contributed by atoms with Crippen LogP contribution in [0.25, 0.3) is 0 Å². The lowest BCUT2D eigenvalue weighted by atomic mass is 10.2. The minimum absolute atomic E-state index is 0.247. The fourth-order valence-corrected chi connectivity index (χ4v) is 0.981. The highest BCUT2D eigenvalue weighted by molar-refractivity contribution is 5.90. The molecule has 0 radical (unpaired) electrons. The minimum atomic E-state index is -1.34. The molecule has 108 valence electrons. The molecule has 0 rings (SSSR count). The predicted molar refractivity (Wildman–Crippen MR) is 63.6 cm³/mol. The van der Waals surface area contributed by atoms with E-state index in [-0.39, 0.29) is 6.54 Å². The third-order valence-electron chi connectivity index (χ3n) is 1.96. The zero-order valence-electron chi connectivity index (χ0n) is 10.5. The largest absolute Gasteiger partial charge is 0.465 e. The molecule has 10 heteroatoms. The van der Waals surface area contributed by atoms with Crippen molar-refractivity contribution in [1.82, 2.24) is 21.5 Å². The summed E-state index contributed by atoms with van der Waals surface area (Å²) in [4.78, 5) is 43.6. The second kappa shape index (κ2) is 7.87. The molecule has 19 heavy (non-hydrogen) atoms. The van der Waals surface area contributed by atoms with Gasteiger partial charge in [-0.1, -0.05) is 0 Å². The van der Waals surface area contributed by atoms with Gasteiger partial charge in [0.25, 0.3) is 5.91 Å². The van der Waals surface area contributed by atoms with Crippen LogP contribution in [0, 0.1) is 0 Å². The van der Waals surface area contributed by atoms with Gasteiger partial charge in [0.05, 0.1) is 6.54 Å². The molecule has 4 amide bonds. The van der Waals surface area contributed by atoms with Crippen LogP contribution in [-0.4, -0.2) is 47.5 Å². The second-order valence-electron chi connectivity index (χ2n) is 3.71. The van der Waals surface area contributed by atoms with E-state index in [2.05, 4.69) is 16.2 Å². The summed E-state index contributed by atoms with van der Waals surface area (Å²) >= 11 is 0. The van der Waals surface area contributed by atoms with Crippen LogP contribution in [0.2, 0.25) is 0 Å². The summed E-state index contributed by atoms with van der Waals surface area (Å²) in [7, 11) is 0. The SMILES string of the molecule is C[C@H](NC(=O)O)C(=O)N[C@@H](C)C(=O)NNCC(N)=O. The fraction of sp³-hybridized carbons (Fsp3) is 0.556. The number of nitrogens with two attached hydrogens (primary N) is 1. The van der Waals surface area contributed by atoms with Gasteiger partial charge in [-0.25, -0.2) is 10.2 Å². The number of nitrogens with one attached hydrogen (secondary N) is 4. The molecule has 0 fully saturated rings. The highest BCUT2D eigenvalue weighted by Crippen LogP contribution is 1.87. The fourth-order valence-electron chi connectivity index (χ4n) is 0.981. The van der Waals surface area contributed by atoms with Crippen molar-refractivity contribution in [3.63, 3.8) is 0 Å². The van der Waals surface area contributed by atoms with Gasteiger partial charge in [0, 0.05) is 0 Å². The molecule has 0 aromatic carbocycles. The Morgan fingerprint density at radius 1 is 1.05 bits per heavy atom. The Labute approximate surface area is 109 Å². The van der Waals surface area contributed by atoms with Crippen LogP contribution >= 0.6 is 0 Å². The molecule has 0 bridgehead atoms. The van der Waals surface area contributed by atoms with Gasteiger partial charge in [0.15, 0.2) is 0 Å². The number of carbonyl (C=O) groups excluding carboxylic acids is 3. The van der Waals surface area contributed by atoms with E-state index in [9.17, 15) is 19.2 Å². The molecule has 0 heterocycles. The maximum atomic E-state index is 11.5. The Bertz CT molecular complexity index is 372. The summed E-state index contributed by atoms with van der Waals surface area (Å²) < 4.78 is 0. The van der Waals surface area contributed by atoms with Crippen molar-refractivity contribution in [3.05, 3.63) is 0 Å². The maximum absolute atomic E-state index is 11.5. The normalized spacial score (nSPS) is 12.9. The third-order valence-corrected chi connectivity index (χ3v) is 1.96. The highest BCUT2D eigenvalue weighted by atomic mass is 16.4.